The summed E-state index contributed by atoms with van der Waals surface area (Å²) in [6.07, 6.45) is 0.520. The first kappa shape index (κ1) is 18.0. The van der Waals surface area contributed by atoms with E-state index in [0.29, 0.717) is 6.42 Å². The molecule has 0 fully saturated rings. The maximum atomic E-state index is 12.1. The molecule has 0 aliphatic carbocycles. The molecule has 0 bridgehead atoms. The van der Waals surface area contributed by atoms with Crippen LogP contribution in [0.3, 0.4) is 0 Å². The minimum absolute atomic E-state index is 0.232. The monoisotopic (exact) mass is 308 g/mol. The van der Waals surface area contributed by atoms with E-state index in [4.69, 9.17) is 14.2 Å². The van der Waals surface area contributed by atoms with Crippen LogP contribution in [-0.4, -0.2) is 32.3 Å². The van der Waals surface area contributed by atoms with Crippen LogP contribution in [0, 0.1) is 11.8 Å². The summed E-state index contributed by atoms with van der Waals surface area (Å²) in [4.78, 5) is 24.2. The van der Waals surface area contributed by atoms with Crippen molar-refractivity contribution in [1.82, 2.24) is 0 Å². The predicted molar refractivity (Wildman–Crippen MR) is 82.6 cm³/mol. The number of hydrogen-bond acceptors (Lipinski definition) is 5. The predicted octanol–water partition coefficient (Wildman–Crippen LogP) is 2.62. The van der Waals surface area contributed by atoms with Gasteiger partial charge < -0.3 is 14.2 Å². The number of methoxy groups -OCH3 is 1. The van der Waals surface area contributed by atoms with Crippen LogP contribution in [0.25, 0.3) is 0 Å². The average Bonchev–Trinajstić information content (AvgIpc) is 2.48. The molecule has 0 aromatic heterocycles. The van der Waals surface area contributed by atoms with Crippen LogP contribution in [-0.2, 0) is 25.5 Å². The van der Waals surface area contributed by atoms with E-state index in [-0.39, 0.29) is 19.1 Å². The number of rotatable bonds is 8. The molecule has 0 aliphatic rings. The number of carbonyl (C=O) groups excluding carboxylic acids is 2. The molecule has 122 valence electrons. The molecule has 0 radical (unpaired) electrons. The van der Waals surface area contributed by atoms with Gasteiger partial charge in [-0.25, -0.2) is 0 Å². The van der Waals surface area contributed by atoms with Crippen LogP contribution in [0.2, 0.25) is 0 Å². The Balaban J connectivity index is 2.93. The standard InChI is InChI=1S/C17H24O5/c1-5-21-16(18)15(17(19)22-6-2)12(3)11-13-9-7-8-10-14(13)20-4/h7-10,12,15H,5-6,11H2,1-4H3. The fraction of sp³-hybridized carbons (Fsp3) is 0.529. The lowest BCUT2D eigenvalue weighted by atomic mass is 9.88. The van der Waals surface area contributed by atoms with Gasteiger partial charge in [0.25, 0.3) is 0 Å². The smallest absolute Gasteiger partial charge is 0.320 e. The number of benzene rings is 1. The van der Waals surface area contributed by atoms with Crippen LogP contribution < -0.4 is 4.74 Å². The van der Waals surface area contributed by atoms with Gasteiger partial charge in [-0.05, 0) is 37.8 Å². The topological polar surface area (TPSA) is 61.8 Å². The lowest BCUT2D eigenvalue weighted by Crippen LogP contribution is -2.34. The second kappa shape index (κ2) is 9.07. The number of esters is 2. The summed E-state index contributed by atoms with van der Waals surface area (Å²) in [5, 5.41) is 0. The van der Waals surface area contributed by atoms with Crippen molar-refractivity contribution in [2.24, 2.45) is 11.8 Å². The van der Waals surface area contributed by atoms with Crippen LogP contribution >= 0.6 is 0 Å². The highest BCUT2D eigenvalue weighted by molar-refractivity contribution is 5.95. The van der Waals surface area contributed by atoms with Gasteiger partial charge in [-0.15, -0.1) is 0 Å². The maximum absolute atomic E-state index is 12.1. The SMILES string of the molecule is CCOC(=O)C(C(=O)OCC)C(C)Cc1ccccc1OC. The number of para-hydroxylation sites is 1. The van der Waals surface area contributed by atoms with Crippen LogP contribution in [0.1, 0.15) is 26.3 Å². The van der Waals surface area contributed by atoms with Gasteiger partial charge in [0.15, 0.2) is 5.92 Å². The first-order chi connectivity index (χ1) is 10.5. The van der Waals surface area contributed by atoms with E-state index in [1.165, 1.54) is 0 Å². The van der Waals surface area contributed by atoms with Crippen LogP contribution in [0.5, 0.6) is 5.75 Å². The van der Waals surface area contributed by atoms with E-state index in [2.05, 4.69) is 0 Å². The molecule has 0 saturated heterocycles. The molecule has 0 aliphatic heterocycles. The molecule has 0 heterocycles. The fourth-order valence-electron chi connectivity index (χ4n) is 2.36. The Labute approximate surface area is 131 Å². The molecule has 1 aromatic carbocycles. The van der Waals surface area contributed by atoms with Gasteiger partial charge in [-0.3, -0.25) is 9.59 Å². The highest BCUT2D eigenvalue weighted by Crippen LogP contribution is 2.26. The maximum Gasteiger partial charge on any atom is 0.320 e. The van der Waals surface area contributed by atoms with E-state index in [9.17, 15) is 9.59 Å². The van der Waals surface area contributed by atoms with Gasteiger partial charge >= 0.3 is 11.9 Å². The van der Waals surface area contributed by atoms with Crippen molar-refractivity contribution < 1.29 is 23.8 Å². The van der Waals surface area contributed by atoms with Gasteiger partial charge in [0.05, 0.1) is 20.3 Å². The third kappa shape index (κ3) is 4.76. The molecule has 1 aromatic rings. The lowest BCUT2D eigenvalue weighted by molar-refractivity contribution is -0.164. The molecule has 0 spiro atoms. The minimum Gasteiger partial charge on any atom is -0.496 e. The molecule has 1 atom stereocenters. The van der Waals surface area contributed by atoms with Crippen molar-refractivity contribution in [2.75, 3.05) is 20.3 Å². The van der Waals surface area contributed by atoms with Crippen molar-refractivity contribution in [1.29, 1.82) is 0 Å². The van der Waals surface area contributed by atoms with Crippen molar-refractivity contribution in [3.63, 3.8) is 0 Å². The van der Waals surface area contributed by atoms with E-state index in [1.807, 2.05) is 31.2 Å². The zero-order chi connectivity index (χ0) is 16.5. The summed E-state index contributed by atoms with van der Waals surface area (Å²) < 4.78 is 15.3. The van der Waals surface area contributed by atoms with Crippen LogP contribution in [0.15, 0.2) is 24.3 Å². The molecule has 5 heteroatoms. The van der Waals surface area contributed by atoms with Crippen molar-refractivity contribution >= 4 is 11.9 Å². The average molecular weight is 308 g/mol. The Bertz CT molecular complexity index is 480. The van der Waals surface area contributed by atoms with E-state index in [0.717, 1.165) is 11.3 Å². The summed E-state index contributed by atoms with van der Waals surface area (Å²) in [7, 11) is 1.59. The van der Waals surface area contributed by atoms with Gasteiger partial charge in [0.2, 0.25) is 0 Å². The van der Waals surface area contributed by atoms with Gasteiger partial charge in [0.1, 0.15) is 5.75 Å². The van der Waals surface area contributed by atoms with Gasteiger partial charge in [-0.2, -0.15) is 0 Å². The van der Waals surface area contributed by atoms with E-state index in [1.54, 1.807) is 21.0 Å². The summed E-state index contributed by atoms with van der Waals surface area (Å²) in [5.74, 6) is -1.52. The molecular formula is C17H24O5. The zero-order valence-electron chi connectivity index (χ0n) is 13.6. The van der Waals surface area contributed by atoms with Gasteiger partial charge in [0, 0.05) is 0 Å². The summed E-state index contributed by atoms with van der Waals surface area (Å²) in [6.45, 7) is 5.73. The largest absolute Gasteiger partial charge is 0.496 e. The molecule has 22 heavy (non-hydrogen) atoms. The second-order valence-corrected chi connectivity index (χ2v) is 4.98. The van der Waals surface area contributed by atoms with Crippen molar-refractivity contribution in [2.45, 2.75) is 27.2 Å². The summed E-state index contributed by atoms with van der Waals surface area (Å²) in [5.41, 5.74) is 0.941. The third-order valence-electron chi connectivity index (χ3n) is 3.38. The van der Waals surface area contributed by atoms with E-state index >= 15 is 0 Å². The number of carbonyl (C=O) groups is 2. The lowest BCUT2D eigenvalue weighted by Gasteiger charge is -2.21. The third-order valence-corrected chi connectivity index (χ3v) is 3.38. The first-order valence-corrected chi connectivity index (χ1v) is 7.50. The summed E-state index contributed by atoms with van der Waals surface area (Å²) >= 11 is 0. The summed E-state index contributed by atoms with van der Waals surface area (Å²) in [6, 6.07) is 7.55. The molecule has 0 saturated carbocycles. The molecule has 1 rings (SSSR count). The zero-order valence-corrected chi connectivity index (χ0v) is 13.6. The Morgan fingerprint density at radius 2 is 1.59 bits per heavy atom. The number of hydrogen-bond donors (Lipinski definition) is 0. The Hall–Kier alpha value is -2.04. The Morgan fingerprint density at radius 3 is 2.09 bits per heavy atom. The molecule has 1 unspecified atom stereocenters. The minimum atomic E-state index is -0.926. The van der Waals surface area contributed by atoms with Gasteiger partial charge in [-0.1, -0.05) is 25.1 Å². The molecule has 0 N–H and O–H groups in total. The first-order valence-electron chi connectivity index (χ1n) is 7.50. The second-order valence-electron chi connectivity index (χ2n) is 4.98. The highest BCUT2D eigenvalue weighted by Gasteiger charge is 2.35. The highest BCUT2D eigenvalue weighted by atomic mass is 16.6. The normalized spacial score (nSPS) is 11.9. The van der Waals surface area contributed by atoms with Crippen LogP contribution in [0.4, 0.5) is 0 Å². The van der Waals surface area contributed by atoms with E-state index < -0.39 is 17.9 Å². The fourth-order valence-corrected chi connectivity index (χ4v) is 2.36. The van der Waals surface area contributed by atoms with Crippen molar-refractivity contribution in [3.8, 4) is 5.75 Å². The molecule has 0 amide bonds. The van der Waals surface area contributed by atoms with Crippen molar-refractivity contribution in [3.05, 3.63) is 29.8 Å². The molecule has 5 nitrogen and oxygen atoms in total. The number of ether oxygens (including phenoxy) is 3. The Kier molecular flexibility index (Phi) is 7.43. The molecular weight excluding hydrogens is 284 g/mol. The Morgan fingerprint density at radius 1 is 1.05 bits per heavy atom. The quantitative estimate of drug-likeness (QED) is 0.546.